The zero-order chi connectivity index (χ0) is 6.97. The second kappa shape index (κ2) is 2.08. The van der Waals surface area contributed by atoms with Gasteiger partial charge in [0.05, 0.1) is 0 Å². The van der Waals surface area contributed by atoms with Crippen LogP contribution < -0.4 is 0 Å². The third-order valence-corrected chi connectivity index (χ3v) is 2.04. The van der Waals surface area contributed by atoms with Crippen LogP contribution >= 0.6 is 0 Å². The van der Waals surface area contributed by atoms with Crippen molar-refractivity contribution in [3.05, 3.63) is 11.6 Å². The van der Waals surface area contributed by atoms with E-state index in [1.807, 2.05) is 6.92 Å². The van der Waals surface area contributed by atoms with Gasteiger partial charge in [-0.2, -0.15) is 0 Å². The van der Waals surface area contributed by atoms with Crippen molar-refractivity contribution in [2.24, 2.45) is 0 Å². The van der Waals surface area contributed by atoms with Gasteiger partial charge in [0.15, 0.2) is 0 Å². The minimum absolute atomic E-state index is 1.06. The van der Waals surface area contributed by atoms with Gasteiger partial charge in [0.1, 0.15) is 11.6 Å². The van der Waals surface area contributed by atoms with E-state index in [2.05, 4.69) is 14.8 Å². The number of hydrogen-bond donors (Lipinski definition) is 0. The lowest BCUT2D eigenvalue weighted by Crippen LogP contribution is -2.11. The first-order valence-electron chi connectivity index (χ1n) is 3.76. The second-order valence-corrected chi connectivity index (χ2v) is 2.77. The summed E-state index contributed by atoms with van der Waals surface area (Å²) in [6.45, 7) is 3.13. The summed E-state index contributed by atoms with van der Waals surface area (Å²) in [7, 11) is 0. The Morgan fingerprint density at radius 2 is 2.20 bits per heavy atom. The summed E-state index contributed by atoms with van der Waals surface area (Å²) in [5.74, 6) is 2.23. The summed E-state index contributed by atoms with van der Waals surface area (Å²) >= 11 is 0. The molecular formula is C7H11N3. The topological polar surface area (TPSA) is 30.7 Å². The molecule has 3 heteroatoms. The SMILES string of the molecule is Cc1nnc2n1CCCC2. The van der Waals surface area contributed by atoms with Crippen LogP contribution in [0.5, 0.6) is 0 Å². The van der Waals surface area contributed by atoms with Crippen molar-refractivity contribution in [2.45, 2.75) is 32.7 Å². The first-order valence-corrected chi connectivity index (χ1v) is 3.76. The minimum atomic E-state index is 1.06. The summed E-state index contributed by atoms with van der Waals surface area (Å²) in [6.07, 6.45) is 3.67. The van der Waals surface area contributed by atoms with E-state index in [9.17, 15) is 0 Å². The number of rotatable bonds is 0. The van der Waals surface area contributed by atoms with Gasteiger partial charge in [0.2, 0.25) is 0 Å². The van der Waals surface area contributed by atoms with E-state index in [4.69, 9.17) is 0 Å². The molecule has 0 spiro atoms. The molecule has 0 aliphatic carbocycles. The molecule has 0 aromatic carbocycles. The number of aryl methyl sites for hydroxylation is 2. The highest BCUT2D eigenvalue weighted by Crippen LogP contribution is 2.12. The van der Waals surface area contributed by atoms with Crippen molar-refractivity contribution in [2.75, 3.05) is 0 Å². The van der Waals surface area contributed by atoms with E-state index < -0.39 is 0 Å². The molecule has 0 bridgehead atoms. The van der Waals surface area contributed by atoms with Crippen molar-refractivity contribution < 1.29 is 0 Å². The third-order valence-electron chi connectivity index (χ3n) is 2.04. The molecular weight excluding hydrogens is 126 g/mol. The van der Waals surface area contributed by atoms with Gasteiger partial charge in [-0.05, 0) is 19.8 Å². The lowest BCUT2D eigenvalue weighted by molar-refractivity contribution is 0.514. The fourth-order valence-corrected chi connectivity index (χ4v) is 1.45. The first kappa shape index (κ1) is 5.89. The highest BCUT2D eigenvalue weighted by molar-refractivity contribution is 4.96. The van der Waals surface area contributed by atoms with E-state index >= 15 is 0 Å². The number of hydrogen-bond acceptors (Lipinski definition) is 2. The molecule has 0 unspecified atom stereocenters. The lowest BCUT2D eigenvalue weighted by atomic mass is 10.2. The molecule has 54 valence electrons. The molecule has 0 fully saturated rings. The number of aromatic nitrogens is 3. The van der Waals surface area contributed by atoms with Crippen molar-refractivity contribution in [3.8, 4) is 0 Å². The van der Waals surface area contributed by atoms with Gasteiger partial charge in [0, 0.05) is 13.0 Å². The molecule has 0 radical (unpaired) electrons. The zero-order valence-electron chi connectivity index (χ0n) is 6.17. The maximum atomic E-state index is 4.07. The van der Waals surface area contributed by atoms with Crippen LogP contribution in [0.2, 0.25) is 0 Å². The van der Waals surface area contributed by atoms with Gasteiger partial charge in [-0.25, -0.2) is 0 Å². The zero-order valence-corrected chi connectivity index (χ0v) is 6.17. The van der Waals surface area contributed by atoms with E-state index in [1.54, 1.807) is 0 Å². The number of nitrogens with zero attached hydrogens (tertiary/aromatic N) is 3. The highest BCUT2D eigenvalue weighted by atomic mass is 15.3. The van der Waals surface area contributed by atoms with Gasteiger partial charge in [-0.3, -0.25) is 0 Å². The Balaban J connectivity index is 2.45. The Morgan fingerprint density at radius 3 is 3.00 bits per heavy atom. The Morgan fingerprint density at radius 1 is 1.30 bits per heavy atom. The van der Waals surface area contributed by atoms with Crippen LogP contribution in [0.3, 0.4) is 0 Å². The molecule has 3 nitrogen and oxygen atoms in total. The fourth-order valence-electron chi connectivity index (χ4n) is 1.45. The van der Waals surface area contributed by atoms with Gasteiger partial charge in [-0.1, -0.05) is 0 Å². The van der Waals surface area contributed by atoms with Crippen LogP contribution in [0.1, 0.15) is 24.5 Å². The van der Waals surface area contributed by atoms with Gasteiger partial charge in [-0.15, -0.1) is 10.2 Å². The molecule has 0 atom stereocenters. The normalized spacial score (nSPS) is 16.9. The Labute approximate surface area is 60.1 Å². The van der Waals surface area contributed by atoms with Crippen LogP contribution in [0.25, 0.3) is 0 Å². The highest BCUT2D eigenvalue weighted by Gasteiger charge is 2.11. The Bertz CT molecular complexity index is 239. The molecule has 1 aliphatic heterocycles. The minimum Gasteiger partial charge on any atom is -0.315 e. The smallest absolute Gasteiger partial charge is 0.132 e. The van der Waals surface area contributed by atoms with Gasteiger partial charge < -0.3 is 4.57 Å². The van der Waals surface area contributed by atoms with Crippen molar-refractivity contribution in [1.29, 1.82) is 0 Å². The molecule has 2 rings (SSSR count). The van der Waals surface area contributed by atoms with Crippen LogP contribution in [-0.4, -0.2) is 14.8 Å². The fraction of sp³-hybridized carbons (Fsp3) is 0.714. The molecule has 0 N–H and O–H groups in total. The Kier molecular flexibility index (Phi) is 1.22. The predicted octanol–water partition coefficient (Wildman–Crippen LogP) is 0.923. The monoisotopic (exact) mass is 137 g/mol. The van der Waals surface area contributed by atoms with Crippen LogP contribution in [0.4, 0.5) is 0 Å². The van der Waals surface area contributed by atoms with Gasteiger partial charge >= 0.3 is 0 Å². The maximum Gasteiger partial charge on any atom is 0.132 e. The van der Waals surface area contributed by atoms with Crippen LogP contribution in [0.15, 0.2) is 0 Å². The summed E-state index contributed by atoms with van der Waals surface area (Å²) in [5.41, 5.74) is 0. The molecule has 10 heavy (non-hydrogen) atoms. The summed E-state index contributed by atoms with van der Waals surface area (Å²) in [4.78, 5) is 0. The molecule has 1 aromatic heterocycles. The molecule has 0 saturated carbocycles. The van der Waals surface area contributed by atoms with E-state index in [0.29, 0.717) is 0 Å². The molecule has 1 aromatic rings. The maximum absolute atomic E-state index is 4.07. The molecule has 1 aliphatic rings. The average molecular weight is 137 g/mol. The molecule has 0 amide bonds. The summed E-state index contributed by atoms with van der Waals surface area (Å²) in [5, 5.41) is 8.08. The third kappa shape index (κ3) is 0.735. The van der Waals surface area contributed by atoms with Crippen molar-refractivity contribution >= 4 is 0 Å². The Hall–Kier alpha value is -0.860. The van der Waals surface area contributed by atoms with Crippen LogP contribution in [0, 0.1) is 6.92 Å². The van der Waals surface area contributed by atoms with E-state index in [-0.39, 0.29) is 0 Å². The molecule has 2 heterocycles. The quantitative estimate of drug-likeness (QED) is 0.532. The standard InChI is InChI=1S/C7H11N3/c1-6-8-9-7-4-2-3-5-10(6)7/h2-5H2,1H3. The van der Waals surface area contributed by atoms with Crippen molar-refractivity contribution in [3.63, 3.8) is 0 Å². The molecule has 0 saturated heterocycles. The summed E-state index contributed by atoms with van der Waals surface area (Å²) < 4.78 is 2.21. The summed E-state index contributed by atoms with van der Waals surface area (Å²) in [6, 6.07) is 0. The average Bonchev–Trinajstić information content (AvgIpc) is 2.34. The first-order chi connectivity index (χ1) is 4.88. The lowest BCUT2D eigenvalue weighted by Gasteiger charge is -2.12. The largest absolute Gasteiger partial charge is 0.315 e. The van der Waals surface area contributed by atoms with Crippen LogP contribution in [-0.2, 0) is 13.0 Å². The van der Waals surface area contributed by atoms with Gasteiger partial charge in [0.25, 0.3) is 0 Å². The number of fused-ring (bicyclic) bond motifs is 1. The van der Waals surface area contributed by atoms with Crippen molar-refractivity contribution in [1.82, 2.24) is 14.8 Å². The van der Waals surface area contributed by atoms with E-state index in [0.717, 1.165) is 18.8 Å². The van der Waals surface area contributed by atoms with E-state index in [1.165, 1.54) is 18.7 Å². The predicted molar refractivity (Wildman–Crippen MR) is 37.7 cm³/mol. The second-order valence-electron chi connectivity index (χ2n) is 2.77.